The summed E-state index contributed by atoms with van der Waals surface area (Å²) >= 11 is 0. The molecule has 7 heteroatoms. The van der Waals surface area contributed by atoms with Crippen LogP contribution in [0.25, 0.3) is 5.65 Å². The number of fused-ring (bicyclic) bond motifs is 1. The minimum Gasteiger partial charge on any atom is -0.457 e. The summed E-state index contributed by atoms with van der Waals surface area (Å²) in [6, 6.07) is 17.4. The molecule has 0 saturated heterocycles. The third-order valence-electron chi connectivity index (χ3n) is 4.39. The maximum absolute atomic E-state index is 12.6. The minimum absolute atomic E-state index is 0.269. The molecule has 0 aliphatic heterocycles. The molecular formula is C22H18N4O3. The summed E-state index contributed by atoms with van der Waals surface area (Å²) in [6.07, 6.45) is 3.36. The molecule has 0 radical (unpaired) electrons. The molecular weight excluding hydrogens is 368 g/mol. The van der Waals surface area contributed by atoms with E-state index in [1.807, 2.05) is 25.3 Å². The van der Waals surface area contributed by atoms with E-state index in [1.165, 1.54) is 0 Å². The van der Waals surface area contributed by atoms with Crippen LogP contribution in [-0.2, 0) is 0 Å². The van der Waals surface area contributed by atoms with Gasteiger partial charge in [-0.05, 0) is 61.0 Å². The molecule has 0 unspecified atom stereocenters. The van der Waals surface area contributed by atoms with Gasteiger partial charge in [-0.25, -0.2) is 4.98 Å². The van der Waals surface area contributed by atoms with Crippen LogP contribution in [0.1, 0.15) is 26.4 Å². The molecule has 0 fully saturated rings. The average molecular weight is 386 g/mol. The van der Waals surface area contributed by atoms with E-state index >= 15 is 0 Å². The summed E-state index contributed by atoms with van der Waals surface area (Å²) in [5.41, 5.74) is 8.50. The zero-order valence-corrected chi connectivity index (χ0v) is 15.6. The van der Waals surface area contributed by atoms with Crippen LogP contribution in [0.15, 0.2) is 73.1 Å². The number of imidazole rings is 1. The highest BCUT2D eigenvalue weighted by atomic mass is 16.5. The Hall–Kier alpha value is -4.13. The second-order valence-corrected chi connectivity index (χ2v) is 6.52. The Balaban J connectivity index is 1.49. The predicted octanol–water partition coefficient (Wildman–Crippen LogP) is 3.79. The van der Waals surface area contributed by atoms with Gasteiger partial charge in [0, 0.05) is 11.9 Å². The third kappa shape index (κ3) is 3.79. The summed E-state index contributed by atoms with van der Waals surface area (Å²) in [5, 5.41) is 2.84. The molecule has 0 aliphatic rings. The summed E-state index contributed by atoms with van der Waals surface area (Å²) in [7, 11) is 0. The summed E-state index contributed by atoms with van der Waals surface area (Å²) in [5.74, 6) is 0.0570. The number of carbonyl (C=O) groups is 2. The first kappa shape index (κ1) is 18.2. The number of aromatic nitrogens is 2. The van der Waals surface area contributed by atoms with Crippen LogP contribution < -0.4 is 15.8 Å². The van der Waals surface area contributed by atoms with Crippen LogP contribution >= 0.6 is 0 Å². The second-order valence-electron chi connectivity index (χ2n) is 6.52. The van der Waals surface area contributed by atoms with Gasteiger partial charge in [0.2, 0.25) is 0 Å². The number of hydrogen-bond acceptors (Lipinski definition) is 4. The fraction of sp³-hybridized carbons (Fsp3) is 0.0455. The topological polar surface area (TPSA) is 98.7 Å². The summed E-state index contributed by atoms with van der Waals surface area (Å²) in [4.78, 5) is 28.4. The number of para-hydroxylation sites is 1. The van der Waals surface area contributed by atoms with Gasteiger partial charge in [-0.1, -0.05) is 12.1 Å². The number of nitrogens with zero attached hydrogens (tertiary/aromatic N) is 2. The highest BCUT2D eigenvalue weighted by Gasteiger charge is 2.13. The Morgan fingerprint density at radius 1 is 1.07 bits per heavy atom. The number of nitrogens with two attached hydrogens (primary N) is 1. The highest BCUT2D eigenvalue weighted by Crippen LogP contribution is 2.26. The van der Waals surface area contributed by atoms with Crippen molar-refractivity contribution >= 4 is 23.1 Å². The van der Waals surface area contributed by atoms with Crippen molar-refractivity contribution in [3.05, 3.63) is 89.9 Å². The van der Waals surface area contributed by atoms with Gasteiger partial charge in [0.25, 0.3) is 11.8 Å². The van der Waals surface area contributed by atoms with Crippen LogP contribution in [0.4, 0.5) is 5.69 Å². The fourth-order valence-electron chi connectivity index (χ4n) is 2.94. The first-order valence-electron chi connectivity index (χ1n) is 8.93. The van der Waals surface area contributed by atoms with E-state index in [0.29, 0.717) is 34.1 Å². The predicted molar refractivity (Wildman–Crippen MR) is 109 cm³/mol. The number of pyridine rings is 1. The Bertz CT molecular complexity index is 1210. The van der Waals surface area contributed by atoms with E-state index in [1.54, 1.807) is 59.1 Å². The number of nitrogens with one attached hydrogen (secondary N) is 1. The van der Waals surface area contributed by atoms with Crippen LogP contribution in [0.3, 0.4) is 0 Å². The number of amides is 2. The van der Waals surface area contributed by atoms with Crippen molar-refractivity contribution in [1.29, 1.82) is 0 Å². The number of ether oxygens (including phenoxy) is 1. The van der Waals surface area contributed by atoms with Crippen LogP contribution in [0.2, 0.25) is 0 Å². The lowest BCUT2D eigenvalue weighted by molar-refractivity contribution is 0.0995. The van der Waals surface area contributed by atoms with Crippen molar-refractivity contribution in [2.75, 3.05) is 5.32 Å². The van der Waals surface area contributed by atoms with E-state index in [2.05, 4.69) is 10.3 Å². The molecule has 144 valence electrons. The van der Waals surface area contributed by atoms with Crippen molar-refractivity contribution < 1.29 is 14.3 Å². The van der Waals surface area contributed by atoms with Crippen molar-refractivity contribution in [1.82, 2.24) is 9.38 Å². The number of rotatable bonds is 5. The van der Waals surface area contributed by atoms with Gasteiger partial charge in [-0.15, -0.1) is 0 Å². The number of hydrogen-bond donors (Lipinski definition) is 2. The number of benzene rings is 2. The number of carbonyl (C=O) groups excluding carboxylic acids is 2. The van der Waals surface area contributed by atoms with Crippen molar-refractivity contribution in [2.45, 2.75) is 6.92 Å². The van der Waals surface area contributed by atoms with Crippen molar-refractivity contribution in [3.8, 4) is 11.5 Å². The lowest BCUT2D eigenvalue weighted by Gasteiger charge is -2.10. The molecule has 4 rings (SSSR count). The molecule has 2 heterocycles. The Morgan fingerprint density at radius 2 is 1.83 bits per heavy atom. The minimum atomic E-state index is -0.562. The monoisotopic (exact) mass is 386 g/mol. The van der Waals surface area contributed by atoms with E-state index in [4.69, 9.17) is 10.5 Å². The van der Waals surface area contributed by atoms with Crippen LogP contribution in [-0.4, -0.2) is 21.2 Å². The maximum atomic E-state index is 12.6. The molecule has 7 nitrogen and oxygen atoms in total. The molecule has 0 saturated carbocycles. The number of aryl methyl sites for hydroxylation is 1. The standard InChI is InChI=1S/C22H18N4O3/c1-14-10-11-26-18(13-24-20(26)12-14)22(28)25-15-6-8-16(9-7-15)29-19-5-3-2-4-17(19)21(23)27/h2-13H,1H3,(H2,23,27)(H,25,28). The SMILES string of the molecule is Cc1ccn2c(C(=O)Nc3ccc(Oc4ccccc4C(N)=O)cc3)cnc2c1. The quantitative estimate of drug-likeness (QED) is 0.545. The Kier molecular flexibility index (Phi) is 4.70. The average Bonchev–Trinajstić information content (AvgIpc) is 3.13. The lowest BCUT2D eigenvalue weighted by Crippen LogP contribution is -2.14. The second kappa shape index (κ2) is 7.47. The van der Waals surface area contributed by atoms with E-state index in [0.717, 1.165) is 5.56 Å². The number of primary amides is 1. The van der Waals surface area contributed by atoms with Crippen molar-refractivity contribution in [3.63, 3.8) is 0 Å². The van der Waals surface area contributed by atoms with Crippen molar-refractivity contribution in [2.24, 2.45) is 5.73 Å². The molecule has 3 N–H and O–H groups in total. The molecule has 29 heavy (non-hydrogen) atoms. The summed E-state index contributed by atoms with van der Waals surface area (Å²) < 4.78 is 7.48. The van der Waals surface area contributed by atoms with Gasteiger partial charge in [0.05, 0.1) is 11.8 Å². The molecule has 2 aromatic carbocycles. The Labute approximate surface area is 166 Å². The number of anilines is 1. The first-order valence-corrected chi connectivity index (χ1v) is 8.93. The van der Waals surface area contributed by atoms with E-state index < -0.39 is 5.91 Å². The molecule has 0 spiro atoms. The summed E-state index contributed by atoms with van der Waals surface area (Å²) in [6.45, 7) is 1.97. The van der Waals surface area contributed by atoms with E-state index in [-0.39, 0.29) is 5.91 Å². The van der Waals surface area contributed by atoms with Gasteiger partial charge in [0.15, 0.2) is 0 Å². The van der Waals surface area contributed by atoms with Gasteiger partial charge >= 0.3 is 0 Å². The zero-order valence-electron chi connectivity index (χ0n) is 15.6. The smallest absolute Gasteiger partial charge is 0.274 e. The van der Waals surface area contributed by atoms with Crippen LogP contribution in [0.5, 0.6) is 11.5 Å². The van der Waals surface area contributed by atoms with Gasteiger partial charge in [0.1, 0.15) is 22.8 Å². The largest absolute Gasteiger partial charge is 0.457 e. The highest BCUT2D eigenvalue weighted by molar-refractivity contribution is 6.03. The van der Waals surface area contributed by atoms with Gasteiger partial charge < -0.3 is 15.8 Å². The zero-order chi connectivity index (χ0) is 20.4. The van der Waals surface area contributed by atoms with E-state index in [9.17, 15) is 9.59 Å². The van der Waals surface area contributed by atoms with Gasteiger partial charge in [-0.2, -0.15) is 0 Å². The first-order chi connectivity index (χ1) is 14.0. The third-order valence-corrected chi connectivity index (χ3v) is 4.39. The van der Waals surface area contributed by atoms with Crippen LogP contribution in [0, 0.1) is 6.92 Å². The maximum Gasteiger partial charge on any atom is 0.274 e. The fourth-order valence-corrected chi connectivity index (χ4v) is 2.94. The normalized spacial score (nSPS) is 10.7. The molecule has 4 aromatic rings. The molecule has 0 bridgehead atoms. The lowest BCUT2D eigenvalue weighted by atomic mass is 10.2. The Morgan fingerprint density at radius 3 is 2.59 bits per heavy atom. The molecule has 2 aromatic heterocycles. The van der Waals surface area contributed by atoms with Gasteiger partial charge in [-0.3, -0.25) is 14.0 Å². The molecule has 0 aliphatic carbocycles. The molecule has 2 amide bonds. The molecule has 0 atom stereocenters.